The largest absolute Gasteiger partial charge is 0.493 e. The fraction of sp³-hybridized carbons (Fsp3) is 0.409. The number of anilines is 1. The highest BCUT2D eigenvalue weighted by Gasteiger charge is 2.22. The fourth-order valence-corrected chi connectivity index (χ4v) is 3.82. The first-order valence-electron chi connectivity index (χ1n) is 9.83. The van der Waals surface area contributed by atoms with Gasteiger partial charge in [-0.05, 0) is 43.9 Å². The molecule has 1 amide bonds. The van der Waals surface area contributed by atoms with Crippen molar-refractivity contribution < 1.29 is 9.53 Å². The minimum absolute atomic E-state index is 0.175. The van der Waals surface area contributed by atoms with Crippen LogP contribution >= 0.6 is 11.6 Å². The Hall–Kier alpha value is -2.24. The van der Waals surface area contributed by atoms with Crippen LogP contribution in [0.15, 0.2) is 42.5 Å². The summed E-state index contributed by atoms with van der Waals surface area (Å²) in [6.45, 7) is 6.00. The van der Waals surface area contributed by atoms with Crippen molar-refractivity contribution in [3.63, 3.8) is 0 Å². The molecule has 3 N–H and O–H groups in total. The van der Waals surface area contributed by atoms with Crippen LogP contribution in [-0.4, -0.2) is 37.0 Å². The van der Waals surface area contributed by atoms with E-state index in [-0.39, 0.29) is 5.91 Å². The van der Waals surface area contributed by atoms with E-state index >= 15 is 0 Å². The molecule has 0 radical (unpaired) electrons. The SMILES string of the molecule is CCOc1cc(N)c(Cl)cc1C(=O)NCC1CCCN(Cc2ccccc2)C1. The number of carbonyl (C=O) groups is 1. The van der Waals surface area contributed by atoms with E-state index in [1.807, 2.05) is 13.0 Å². The van der Waals surface area contributed by atoms with Crippen molar-refractivity contribution in [2.24, 2.45) is 5.92 Å². The average Bonchev–Trinajstić information content (AvgIpc) is 2.70. The third kappa shape index (κ3) is 5.40. The van der Waals surface area contributed by atoms with Gasteiger partial charge in [0.2, 0.25) is 0 Å². The molecule has 0 bridgehead atoms. The molecule has 1 atom stereocenters. The highest BCUT2D eigenvalue weighted by molar-refractivity contribution is 6.33. The smallest absolute Gasteiger partial charge is 0.255 e. The van der Waals surface area contributed by atoms with Crippen molar-refractivity contribution >= 4 is 23.2 Å². The lowest BCUT2D eigenvalue weighted by molar-refractivity contribution is 0.0927. The minimum atomic E-state index is -0.175. The van der Waals surface area contributed by atoms with E-state index in [1.165, 1.54) is 5.56 Å². The van der Waals surface area contributed by atoms with Gasteiger partial charge in [-0.25, -0.2) is 0 Å². The number of nitrogens with one attached hydrogen (secondary N) is 1. The van der Waals surface area contributed by atoms with Gasteiger partial charge in [-0.1, -0.05) is 41.9 Å². The Kier molecular flexibility index (Phi) is 7.18. The number of nitrogen functional groups attached to an aromatic ring is 1. The molecular weight excluding hydrogens is 374 g/mol. The van der Waals surface area contributed by atoms with Crippen LogP contribution in [0.25, 0.3) is 0 Å². The molecule has 28 heavy (non-hydrogen) atoms. The Bertz CT molecular complexity index is 798. The lowest BCUT2D eigenvalue weighted by Gasteiger charge is -2.32. The van der Waals surface area contributed by atoms with E-state index in [0.717, 1.165) is 32.5 Å². The predicted octanol–water partition coefficient (Wildman–Crippen LogP) is 3.96. The van der Waals surface area contributed by atoms with Crippen molar-refractivity contribution in [3.05, 3.63) is 58.6 Å². The van der Waals surface area contributed by atoms with Crippen molar-refractivity contribution in [1.29, 1.82) is 0 Å². The zero-order chi connectivity index (χ0) is 19.9. The van der Waals surface area contributed by atoms with Crippen molar-refractivity contribution in [2.45, 2.75) is 26.3 Å². The highest BCUT2D eigenvalue weighted by atomic mass is 35.5. The summed E-state index contributed by atoms with van der Waals surface area (Å²) in [5.74, 6) is 0.725. The van der Waals surface area contributed by atoms with E-state index in [2.05, 4.69) is 34.5 Å². The lowest BCUT2D eigenvalue weighted by Crippen LogP contribution is -2.40. The molecule has 3 rings (SSSR count). The van der Waals surface area contributed by atoms with Gasteiger partial charge in [0.25, 0.3) is 5.91 Å². The Morgan fingerprint density at radius 2 is 2.11 bits per heavy atom. The van der Waals surface area contributed by atoms with Crippen LogP contribution in [0.2, 0.25) is 5.02 Å². The van der Waals surface area contributed by atoms with Gasteiger partial charge < -0.3 is 15.8 Å². The summed E-state index contributed by atoms with van der Waals surface area (Å²) < 4.78 is 5.56. The van der Waals surface area contributed by atoms with Gasteiger partial charge in [-0.15, -0.1) is 0 Å². The molecule has 1 aliphatic heterocycles. The third-order valence-electron chi connectivity index (χ3n) is 5.05. The van der Waals surface area contributed by atoms with E-state index in [4.69, 9.17) is 22.1 Å². The molecule has 6 heteroatoms. The zero-order valence-corrected chi connectivity index (χ0v) is 17.0. The monoisotopic (exact) mass is 401 g/mol. The standard InChI is InChI=1S/C22H28ClN3O2/c1-2-28-21-12-20(24)19(23)11-18(21)22(27)25-13-17-9-6-10-26(15-17)14-16-7-4-3-5-8-16/h3-5,7-8,11-12,17H,2,6,9-10,13-15,24H2,1H3,(H,25,27). The van der Waals surface area contributed by atoms with Gasteiger partial charge in [0.05, 0.1) is 22.9 Å². The first-order chi connectivity index (χ1) is 13.6. The molecule has 150 valence electrons. The van der Waals surface area contributed by atoms with Gasteiger partial charge in [0.1, 0.15) is 5.75 Å². The summed E-state index contributed by atoms with van der Waals surface area (Å²) in [6, 6.07) is 13.7. The summed E-state index contributed by atoms with van der Waals surface area (Å²) in [7, 11) is 0. The number of benzene rings is 2. The predicted molar refractivity (Wildman–Crippen MR) is 114 cm³/mol. The number of piperidine rings is 1. The number of carbonyl (C=O) groups excluding carboxylic acids is 1. The van der Waals surface area contributed by atoms with Crippen LogP contribution in [0.5, 0.6) is 5.75 Å². The zero-order valence-electron chi connectivity index (χ0n) is 16.3. The van der Waals surface area contributed by atoms with Gasteiger partial charge in [0, 0.05) is 25.7 Å². The maximum Gasteiger partial charge on any atom is 0.255 e. The molecule has 2 aromatic rings. The number of hydrogen-bond acceptors (Lipinski definition) is 4. The Labute approximate surface area is 171 Å². The van der Waals surface area contributed by atoms with Crippen molar-refractivity contribution in [3.8, 4) is 5.75 Å². The van der Waals surface area contributed by atoms with Gasteiger partial charge >= 0.3 is 0 Å². The number of rotatable bonds is 7. The molecule has 0 saturated carbocycles. The minimum Gasteiger partial charge on any atom is -0.493 e. The molecule has 1 unspecified atom stereocenters. The molecule has 2 aromatic carbocycles. The normalized spacial score (nSPS) is 17.3. The number of nitrogens with zero attached hydrogens (tertiary/aromatic N) is 1. The maximum absolute atomic E-state index is 12.7. The van der Waals surface area contributed by atoms with Crippen LogP contribution in [0.1, 0.15) is 35.7 Å². The molecule has 1 saturated heterocycles. The van der Waals surface area contributed by atoms with E-state index < -0.39 is 0 Å². The number of halogens is 1. The van der Waals surface area contributed by atoms with Gasteiger partial charge in [-0.3, -0.25) is 9.69 Å². The molecule has 0 spiro atoms. The van der Waals surface area contributed by atoms with Gasteiger partial charge in [0.15, 0.2) is 0 Å². The van der Waals surface area contributed by atoms with Crippen LogP contribution < -0.4 is 15.8 Å². The topological polar surface area (TPSA) is 67.6 Å². The summed E-state index contributed by atoms with van der Waals surface area (Å²) in [5, 5.41) is 3.41. The summed E-state index contributed by atoms with van der Waals surface area (Å²) in [6.07, 6.45) is 2.26. The first-order valence-corrected chi connectivity index (χ1v) is 10.2. The number of likely N-dealkylation sites (tertiary alicyclic amines) is 1. The Morgan fingerprint density at radius 1 is 1.32 bits per heavy atom. The number of nitrogens with two attached hydrogens (primary N) is 1. The molecule has 1 fully saturated rings. The Balaban J connectivity index is 1.57. The first kappa shape index (κ1) is 20.5. The van der Waals surface area contributed by atoms with E-state index in [1.54, 1.807) is 12.1 Å². The maximum atomic E-state index is 12.7. The average molecular weight is 402 g/mol. The third-order valence-corrected chi connectivity index (χ3v) is 5.37. The number of ether oxygens (including phenoxy) is 1. The molecule has 0 aromatic heterocycles. The van der Waals surface area contributed by atoms with Gasteiger partial charge in [-0.2, -0.15) is 0 Å². The molecule has 1 aliphatic rings. The quantitative estimate of drug-likeness (QED) is 0.689. The summed E-state index contributed by atoms with van der Waals surface area (Å²) in [4.78, 5) is 15.2. The van der Waals surface area contributed by atoms with Crippen LogP contribution in [-0.2, 0) is 6.54 Å². The highest BCUT2D eigenvalue weighted by Crippen LogP contribution is 2.29. The second kappa shape index (κ2) is 9.80. The van der Waals surface area contributed by atoms with E-state index in [9.17, 15) is 4.79 Å². The summed E-state index contributed by atoms with van der Waals surface area (Å²) >= 11 is 6.11. The molecule has 0 aliphatic carbocycles. The second-order valence-electron chi connectivity index (χ2n) is 7.24. The van der Waals surface area contributed by atoms with E-state index in [0.29, 0.717) is 41.1 Å². The van der Waals surface area contributed by atoms with Crippen LogP contribution in [0.4, 0.5) is 5.69 Å². The number of amides is 1. The van der Waals surface area contributed by atoms with Crippen LogP contribution in [0.3, 0.4) is 0 Å². The molecule has 1 heterocycles. The molecular formula is C22H28ClN3O2. The van der Waals surface area contributed by atoms with Crippen LogP contribution in [0, 0.1) is 5.92 Å². The lowest BCUT2D eigenvalue weighted by atomic mass is 9.97. The molecule has 5 nitrogen and oxygen atoms in total. The Morgan fingerprint density at radius 3 is 2.86 bits per heavy atom. The number of hydrogen-bond donors (Lipinski definition) is 2. The second-order valence-corrected chi connectivity index (χ2v) is 7.65. The van der Waals surface area contributed by atoms with Crippen molar-refractivity contribution in [1.82, 2.24) is 10.2 Å². The summed E-state index contributed by atoms with van der Waals surface area (Å²) in [5.41, 5.74) is 8.00. The van der Waals surface area contributed by atoms with Crippen molar-refractivity contribution in [2.75, 3.05) is 32.0 Å². The fourth-order valence-electron chi connectivity index (χ4n) is 3.66.